The van der Waals surface area contributed by atoms with Crippen LogP contribution in [0.5, 0.6) is 0 Å². The SMILES string of the molecule is CC(C(=O)N1CCCC1)n1cncc1[C@H](C)N. The Bertz CT molecular complexity index is 393. The van der Waals surface area contributed by atoms with Crippen LogP contribution < -0.4 is 5.73 Å². The first-order valence-corrected chi connectivity index (χ1v) is 6.17. The van der Waals surface area contributed by atoms with Gasteiger partial charge < -0.3 is 15.2 Å². The standard InChI is InChI=1S/C12H20N4O/c1-9(13)11-7-14-8-16(11)10(2)12(17)15-5-3-4-6-15/h7-10H,3-6,13H2,1-2H3/t9-,10?/m0/s1. The van der Waals surface area contributed by atoms with Gasteiger partial charge in [0.15, 0.2) is 0 Å². The highest BCUT2D eigenvalue weighted by Gasteiger charge is 2.25. The quantitative estimate of drug-likeness (QED) is 0.854. The average molecular weight is 236 g/mol. The third-order valence-corrected chi connectivity index (χ3v) is 3.35. The predicted octanol–water partition coefficient (Wildman–Crippen LogP) is 1.09. The zero-order valence-corrected chi connectivity index (χ0v) is 10.5. The second-order valence-corrected chi connectivity index (χ2v) is 4.72. The van der Waals surface area contributed by atoms with Crippen molar-refractivity contribution in [2.45, 2.75) is 38.8 Å². The van der Waals surface area contributed by atoms with Gasteiger partial charge in [0.25, 0.3) is 0 Å². The van der Waals surface area contributed by atoms with E-state index < -0.39 is 0 Å². The molecule has 0 aromatic carbocycles. The van der Waals surface area contributed by atoms with Gasteiger partial charge in [-0.05, 0) is 26.7 Å². The molecule has 2 atom stereocenters. The molecule has 17 heavy (non-hydrogen) atoms. The highest BCUT2D eigenvalue weighted by atomic mass is 16.2. The molecule has 1 unspecified atom stereocenters. The number of nitrogens with zero attached hydrogens (tertiary/aromatic N) is 3. The van der Waals surface area contributed by atoms with Crippen molar-refractivity contribution in [2.75, 3.05) is 13.1 Å². The summed E-state index contributed by atoms with van der Waals surface area (Å²) in [7, 11) is 0. The van der Waals surface area contributed by atoms with Crippen molar-refractivity contribution in [3.63, 3.8) is 0 Å². The molecule has 1 aromatic heterocycles. The summed E-state index contributed by atoms with van der Waals surface area (Å²) in [4.78, 5) is 18.3. The fourth-order valence-electron chi connectivity index (χ4n) is 2.31. The highest BCUT2D eigenvalue weighted by molar-refractivity contribution is 5.80. The number of carbonyl (C=O) groups is 1. The largest absolute Gasteiger partial charge is 0.341 e. The maximum atomic E-state index is 12.3. The van der Waals surface area contributed by atoms with Gasteiger partial charge >= 0.3 is 0 Å². The monoisotopic (exact) mass is 236 g/mol. The van der Waals surface area contributed by atoms with Gasteiger partial charge in [0.1, 0.15) is 6.04 Å². The molecule has 1 aliphatic heterocycles. The summed E-state index contributed by atoms with van der Waals surface area (Å²) in [5, 5.41) is 0. The molecule has 5 heteroatoms. The molecule has 0 saturated carbocycles. The number of likely N-dealkylation sites (tertiary alicyclic amines) is 1. The van der Waals surface area contributed by atoms with Crippen molar-refractivity contribution >= 4 is 5.91 Å². The van der Waals surface area contributed by atoms with Gasteiger partial charge in [-0.3, -0.25) is 4.79 Å². The molecule has 94 valence electrons. The zero-order valence-electron chi connectivity index (χ0n) is 10.5. The van der Waals surface area contributed by atoms with E-state index in [4.69, 9.17) is 5.73 Å². The number of rotatable bonds is 3. The maximum Gasteiger partial charge on any atom is 0.245 e. The summed E-state index contributed by atoms with van der Waals surface area (Å²) in [5.41, 5.74) is 6.77. The fourth-order valence-corrected chi connectivity index (χ4v) is 2.31. The molecular weight excluding hydrogens is 216 g/mol. The van der Waals surface area contributed by atoms with Crippen LogP contribution in [-0.4, -0.2) is 33.4 Å². The van der Waals surface area contributed by atoms with E-state index in [9.17, 15) is 4.79 Å². The van der Waals surface area contributed by atoms with Gasteiger partial charge in [-0.15, -0.1) is 0 Å². The minimum atomic E-state index is -0.211. The highest BCUT2D eigenvalue weighted by Crippen LogP contribution is 2.19. The molecule has 1 aromatic rings. The average Bonchev–Trinajstić information content (AvgIpc) is 2.97. The van der Waals surface area contributed by atoms with Gasteiger partial charge in [-0.25, -0.2) is 4.98 Å². The fraction of sp³-hybridized carbons (Fsp3) is 0.667. The van der Waals surface area contributed by atoms with E-state index in [1.54, 1.807) is 12.5 Å². The molecule has 0 spiro atoms. The second-order valence-electron chi connectivity index (χ2n) is 4.72. The third kappa shape index (κ3) is 2.34. The van der Waals surface area contributed by atoms with E-state index >= 15 is 0 Å². The minimum absolute atomic E-state index is 0.105. The summed E-state index contributed by atoms with van der Waals surface area (Å²) < 4.78 is 1.88. The van der Waals surface area contributed by atoms with E-state index in [0.717, 1.165) is 31.6 Å². The Hall–Kier alpha value is -1.36. The van der Waals surface area contributed by atoms with Crippen LogP contribution in [0.15, 0.2) is 12.5 Å². The molecule has 1 saturated heterocycles. The lowest BCUT2D eigenvalue weighted by molar-refractivity contribution is -0.133. The third-order valence-electron chi connectivity index (χ3n) is 3.35. The van der Waals surface area contributed by atoms with Crippen LogP contribution in [-0.2, 0) is 4.79 Å². The second kappa shape index (κ2) is 4.87. The van der Waals surface area contributed by atoms with Crippen molar-refractivity contribution in [1.82, 2.24) is 14.5 Å². The van der Waals surface area contributed by atoms with E-state index in [-0.39, 0.29) is 18.0 Å². The molecule has 2 N–H and O–H groups in total. The first kappa shape index (κ1) is 12.1. The van der Waals surface area contributed by atoms with Crippen LogP contribution in [0.3, 0.4) is 0 Å². The Balaban J connectivity index is 2.15. The number of nitrogens with two attached hydrogens (primary N) is 1. The van der Waals surface area contributed by atoms with Crippen LogP contribution >= 0.6 is 0 Å². The van der Waals surface area contributed by atoms with Gasteiger partial charge in [-0.1, -0.05) is 0 Å². The Labute approximate surface area is 102 Å². The normalized spacial score (nSPS) is 19.4. The van der Waals surface area contributed by atoms with E-state index in [0.29, 0.717) is 0 Å². The van der Waals surface area contributed by atoms with Crippen molar-refractivity contribution in [1.29, 1.82) is 0 Å². The number of carbonyl (C=O) groups excluding carboxylic acids is 1. The van der Waals surface area contributed by atoms with Crippen molar-refractivity contribution in [3.05, 3.63) is 18.2 Å². The molecule has 2 rings (SSSR count). The summed E-state index contributed by atoms with van der Waals surface area (Å²) in [6.07, 6.45) is 5.65. The summed E-state index contributed by atoms with van der Waals surface area (Å²) in [6, 6.07) is -0.317. The Morgan fingerprint density at radius 3 is 2.65 bits per heavy atom. The number of hydrogen-bond acceptors (Lipinski definition) is 3. The van der Waals surface area contributed by atoms with Crippen molar-refractivity contribution in [3.8, 4) is 0 Å². The Morgan fingerprint density at radius 1 is 1.41 bits per heavy atom. The number of amides is 1. The predicted molar refractivity (Wildman–Crippen MR) is 65.4 cm³/mol. The minimum Gasteiger partial charge on any atom is -0.341 e. The zero-order chi connectivity index (χ0) is 12.4. The maximum absolute atomic E-state index is 12.3. The first-order chi connectivity index (χ1) is 8.11. The van der Waals surface area contributed by atoms with Crippen LogP contribution in [0.25, 0.3) is 0 Å². The smallest absolute Gasteiger partial charge is 0.245 e. The van der Waals surface area contributed by atoms with Crippen LogP contribution in [0.2, 0.25) is 0 Å². The summed E-state index contributed by atoms with van der Waals surface area (Å²) in [6.45, 7) is 5.57. The first-order valence-electron chi connectivity index (χ1n) is 6.17. The molecule has 5 nitrogen and oxygen atoms in total. The van der Waals surface area contributed by atoms with Crippen molar-refractivity contribution < 1.29 is 4.79 Å². The molecule has 1 amide bonds. The Kier molecular flexibility index (Phi) is 3.47. The van der Waals surface area contributed by atoms with Crippen molar-refractivity contribution in [2.24, 2.45) is 5.73 Å². The molecule has 0 radical (unpaired) electrons. The lowest BCUT2D eigenvalue weighted by atomic mass is 10.2. The summed E-state index contributed by atoms with van der Waals surface area (Å²) >= 11 is 0. The summed E-state index contributed by atoms with van der Waals surface area (Å²) in [5.74, 6) is 0.169. The number of imidazole rings is 1. The van der Waals surface area contributed by atoms with Crippen LogP contribution in [0.1, 0.15) is 44.5 Å². The molecule has 2 heterocycles. The van der Waals surface area contributed by atoms with E-state index in [2.05, 4.69) is 4.98 Å². The molecule has 0 bridgehead atoms. The lowest BCUT2D eigenvalue weighted by Crippen LogP contribution is -2.34. The molecular formula is C12H20N4O. The van der Waals surface area contributed by atoms with Crippen LogP contribution in [0, 0.1) is 0 Å². The van der Waals surface area contributed by atoms with E-state index in [1.807, 2.05) is 23.3 Å². The van der Waals surface area contributed by atoms with Gasteiger partial charge in [-0.2, -0.15) is 0 Å². The molecule has 1 fully saturated rings. The topological polar surface area (TPSA) is 64.2 Å². The van der Waals surface area contributed by atoms with E-state index in [1.165, 1.54) is 0 Å². The number of aromatic nitrogens is 2. The molecule has 0 aliphatic carbocycles. The van der Waals surface area contributed by atoms with Gasteiger partial charge in [0, 0.05) is 25.3 Å². The van der Waals surface area contributed by atoms with Crippen LogP contribution in [0.4, 0.5) is 0 Å². The number of hydrogen-bond donors (Lipinski definition) is 1. The lowest BCUT2D eigenvalue weighted by Gasteiger charge is -2.23. The Morgan fingerprint density at radius 2 is 2.06 bits per heavy atom. The van der Waals surface area contributed by atoms with Gasteiger partial charge in [0.05, 0.1) is 12.0 Å². The van der Waals surface area contributed by atoms with Gasteiger partial charge in [0.2, 0.25) is 5.91 Å². The molecule has 1 aliphatic rings.